The number of rotatable bonds is 3. The van der Waals surface area contributed by atoms with Crippen LogP contribution in [0.5, 0.6) is 0 Å². The molecule has 2 heterocycles. The first-order chi connectivity index (χ1) is 7.61. The number of β-amino-alcohol motifs (C(OH)–C–C–N with tert-alkyl or cyclic N) is 1. The third kappa shape index (κ3) is 2.62. The summed E-state index contributed by atoms with van der Waals surface area (Å²) in [5, 5.41) is 10.0. The lowest BCUT2D eigenvalue weighted by molar-refractivity contribution is -0.0191. The maximum absolute atomic E-state index is 10.0. The highest BCUT2D eigenvalue weighted by atomic mass is 16.3. The molecule has 0 amide bonds. The highest BCUT2D eigenvalue weighted by Gasteiger charge is 2.28. The molecular formula is C12H21N3O. The van der Waals surface area contributed by atoms with Crippen molar-refractivity contribution in [2.24, 2.45) is 0 Å². The van der Waals surface area contributed by atoms with E-state index >= 15 is 0 Å². The van der Waals surface area contributed by atoms with Crippen molar-refractivity contribution in [2.45, 2.75) is 45.4 Å². The minimum atomic E-state index is -0.526. The van der Waals surface area contributed by atoms with E-state index in [4.69, 9.17) is 0 Å². The van der Waals surface area contributed by atoms with Gasteiger partial charge in [-0.3, -0.25) is 4.90 Å². The van der Waals surface area contributed by atoms with Crippen LogP contribution >= 0.6 is 0 Å². The van der Waals surface area contributed by atoms with Crippen LogP contribution < -0.4 is 0 Å². The Morgan fingerprint density at radius 3 is 3.06 bits per heavy atom. The van der Waals surface area contributed by atoms with E-state index in [0.717, 1.165) is 44.8 Å². The van der Waals surface area contributed by atoms with Gasteiger partial charge >= 0.3 is 0 Å². The molecule has 0 aliphatic carbocycles. The summed E-state index contributed by atoms with van der Waals surface area (Å²) < 4.78 is 2.16. The van der Waals surface area contributed by atoms with Gasteiger partial charge in [-0.1, -0.05) is 0 Å². The number of aliphatic hydroxyl groups is 1. The largest absolute Gasteiger partial charge is 0.389 e. The minimum Gasteiger partial charge on any atom is -0.389 e. The second-order valence-corrected chi connectivity index (χ2v) is 4.94. The van der Waals surface area contributed by atoms with Crippen molar-refractivity contribution in [1.29, 1.82) is 0 Å². The molecule has 0 saturated carbocycles. The van der Waals surface area contributed by atoms with E-state index < -0.39 is 5.60 Å². The van der Waals surface area contributed by atoms with Gasteiger partial charge in [0.15, 0.2) is 0 Å². The van der Waals surface area contributed by atoms with Gasteiger partial charge in [0.1, 0.15) is 5.82 Å². The van der Waals surface area contributed by atoms with Gasteiger partial charge in [-0.15, -0.1) is 0 Å². The average molecular weight is 223 g/mol. The van der Waals surface area contributed by atoms with E-state index in [1.807, 2.05) is 19.3 Å². The van der Waals surface area contributed by atoms with Crippen molar-refractivity contribution in [2.75, 3.05) is 13.1 Å². The summed E-state index contributed by atoms with van der Waals surface area (Å²) in [6, 6.07) is 0. The molecule has 90 valence electrons. The van der Waals surface area contributed by atoms with Crippen molar-refractivity contribution in [1.82, 2.24) is 14.5 Å². The summed E-state index contributed by atoms with van der Waals surface area (Å²) in [6.45, 7) is 7.66. The quantitative estimate of drug-likeness (QED) is 0.838. The summed E-state index contributed by atoms with van der Waals surface area (Å²) in [6.07, 6.45) is 5.84. The zero-order valence-electron chi connectivity index (χ0n) is 10.2. The number of hydrogen-bond acceptors (Lipinski definition) is 3. The molecule has 1 N–H and O–H groups in total. The minimum absolute atomic E-state index is 0.526. The number of aryl methyl sites for hydroxylation is 1. The number of aromatic nitrogens is 2. The molecule has 0 spiro atoms. The van der Waals surface area contributed by atoms with Gasteiger partial charge < -0.3 is 9.67 Å². The molecule has 1 atom stereocenters. The lowest BCUT2D eigenvalue weighted by Gasteiger charge is -2.36. The number of piperidine rings is 1. The Hall–Kier alpha value is -0.870. The van der Waals surface area contributed by atoms with E-state index in [2.05, 4.69) is 21.4 Å². The molecule has 16 heavy (non-hydrogen) atoms. The lowest BCUT2D eigenvalue weighted by atomic mass is 9.95. The van der Waals surface area contributed by atoms with Gasteiger partial charge in [-0.05, 0) is 33.2 Å². The second-order valence-electron chi connectivity index (χ2n) is 4.94. The first-order valence-corrected chi connectivity index (χ1v) is 6.05. The lowest BCUT2D eigenvalue weighted by Crippen LogP contribution is -2.45. The van der Waals surface area contributed by atoms with Crippen LogP contribution in [0.4, 0.5) is 0 Å². The molecule has 4 heteroatoms. The second kappa shape index (κ2) is 4.55. The van der Waals surface area contributed by atoms with Crippen LogP contribution in [0.1, 0.15) is 32.5 Å². The molecule has 1 aliphatic heterocycles. The van der Waals surface area contributed by atoms with Crippen LogP contribution in [0.15, 0.2) is 12.4 Å². The van der Waals surface area contributed by atoms with Crippen molar-refractivity contribution in [3.63, 3.8) is 0 Å². The van der Waals surface area contributed by atoms with Crippen LogP contribution in [0, 0.1) is 0 Å². The molecule has 1 aromatic rings. The van der Waals surface area contributed by atoms with Gasteiger partial charge in [0.05, 0.1) is 12.1 Å². The molecule has 0 radical (unpaired) electrons. The fourth-order valence-electron chi connectivity index (χ4n) is 2.44. The number of imidazole rings is 1. The highest BCUT2D eigenvalue weighted by Crippen LogP contribution is 2.21. The summed E-state index contributed by atoms with van der Waals surface area (Å²) in [4.78, 5) is 6.66. The molecule has 1 aliphatic rings. The summed E-state index contributed by atoms with van der Waals surface area (Å²) in [5.74, 6) is 1.10. The van der Waals surface area contributed by atoms with Crippen LogP contribution in [0.2, 0.25) is 0 Å². The summed E-state index contributed by atoms with van der Waals surface area (Å²) >= 11 is 0. The van der Waals surface area contributed by atoms with E-state index in [1.54, 1.807) is 0 Å². The first kappa shape index (κ1) is 11.6. The SMILES string of the molecule is CCn1ccnc1CN1CCCC(C)(O)C1. The Bertz CT molecular complexity index is 346. The van der Waals surface area contributed by atoms with Gasteiger partial charge in [-0.25, -0.2) is 4.98 Å². The molecule has 1 saturated heterocycles. The number of hydrogen-bond donors (Lipinski definition) is 1. The molecule has 0 bridgehead atoms. The predicted molar refractivity (Wildman–Crippen MR) is 63.0 cm³/mol. The van der Waals surface area contributed by atoms with E-state index in [9.17, 15) is 5.11 Å². The molecule has 1 aromatic heterocycles. The van der Waals surface area contributed by atoms with Crippen molar-refractivity contribution in [3.8, 4) is 0 Å². The third-order valence-corrected chi connectivity index (χ3v) is 3.26. The normalized spacial score (nSPS) is 27.2. The molecular weight excluding hydrogens is 202 g/mol. The van der Waals surface area contributed by atoms with E-state index in [-0.39, 0.29) is 0 Å². The summed E-state index contributed by atoms with van der Waals surface area (Å²) in [7, 11) is 0. The van der Waals surface area contributed by atoms with Crippen molar-refractivity contribution < 1.29 is 5.11 Å². The van der Waals surface area contributed by atoms with Crippen LogP contribution in [-0.2, 0) is 13.1 Å². The van der Waals surface area contributed by atoms with Crippen LogP contribution in [0.3, 0.4) is 0 Å². The topological polar surface area (TPSA) is 41.3 Å². The van der Waals surface area contributed by atoms with Crippen molar-refractivity contribution in [3.05, 3.63) is 18.2 Å². The van der Waals surface area contributed by atoms with Gasteiger partial charge in [0.2, 0.25) is 0 Å². The van der Waals surface area contributed by atoms with E-state index in [0.29, 0.717) is 0 Å². The smallest absolute Gasteiger partial charge is 0.122 e. The fraction of sp³-hybridized carbons (Fsp3) is 0.750. The standard InChI is InChI=1S/C12H21N3O/c1-3-15-8-6-13-11(15)9-14-7-4-5-12(2,16)10-14/h6,8,16H,3-5,7,9-10H2,1-2H3. The van der Waals surface area contributed by atoms with E-state index in [1.165, 1.54) is 0 Å². The fourth-order valence-corrected chi connectivity index (χ4v) is 2.44. The number of likely N-dealkylation sites (tertiary alicyclic amines) is 1. The Morgan fingerprint density at radius 1 is 1.56 bits per heavy atom. The molecule has 1 unspecified atom stereocenters. The van der Waals surface area contributed by atoms with Gasteiger partial charge in [-0.2, -0.15) is 0 Å². The highest BCUT2D eigenvalue weighted by molar-refractivity contribution is 4.94. The first-order valence-electron chi connectivity index (χ1n) is 6.05. The third-order valence-electron chi connectivity index (χ3n) is 3.26. The predicted octanol–water partition coefficient (Wildman–Crippen LogP) is 1.25. The molecule has 2 rings (SSSR count). The molecule has 0 aromatic carbocycles. The van der Waals surface area contributed by atoms with Crippen LogP contribution in [-0.4, -0.2) is 38.2 Å². The maximum atomic E-state index is 10.0. The zero-order valence-corrected chi connectivity index (χ0v) is 10.2. The zero-order chi connectivity index (χ0) is 11.6. The monoisotopic (exact) mass is 223 g/mol. The maximum Gasteiger partial charge on any atom is 0.122 e. The molecule has 1 fully saturated rings. The van der Waals surface area contributed by atoms with Gasteiger partial charge in [0.25, 0.3) is 0 Å². The van der Waals surface area contributed by atoms with Gasteiger partial charge in [0, 0.05) is 25.5 Å². The molecule has 4 nitrogen and oxygen atoms in total. The Labute approximate surface area is 96.9 Å². The summed E-state index contributed by atoms with van der Waals surface area (Å²) in [5.41, 5.74) is -0.526. The van der Waals surface area contributed by atoms with Crippen LogP contribution in [0.25, 0.3) is 0 Å². The average Bonchev–Trinajstić information content (AvgIpc) is 2.63. The Morgan fingerprint density at radius 2 is 2.38 bits per heavy atom. The van der Waals surface area contributed by atoms with Crippen molar-refractivity contribution >= 4 is 0 Å². The number of nitrogens with zero attached hydrogens (tertiary/aromatic N) is 3. The Kier molecular flexibility index (Phi) is 3.30. The Balaban J connectivity index is 1.99.